The highest BCUT2D eigenvalue weighted by Crippen LogP contribution is 2.18. The van der Waals surface area contributed by atoms with Crippen LogP contribution in [0.5, 0.6) is 0 Å². The second-order valence-corrected chi connectivity index (χ2v) is 7.03. The van der Waals surface area contributed by atoms with Crippen molar-refractivity contribution in [2.75, 3.05) is 26.2 Å². The van der Waals surface area contributed by atoms with E-state index < -0.39 is 0 Å². The predicted molar refractivity (Wildman–Crippen MR) is 108 cm³/mol. The van der Waals surface area contributed by atoms with Gasteiger partial charge in [-0.2, -0.15) is 5.10 Å². The third-order valence-electron chi connectivity index (χ3n) is 5.25. The van der Waals surface area contributed by atoms with Gasteiger partial charge in [-0.25, -0.2) is 4.68 Å². The minimum atomic E-state index is 0.0857. The van der Waals surface area contributed by atoms with Crippen molar-refractivity contribution >= 4 is 5.91 Å². The smallest absolute Gasteiger partial charge is 0.257 e. The number of piperazine rings is 1. The van der Waals surface area contributed by atoms with Crippen molar-refractivity contribution in [3.05, 3.63) is 77.9 Å². The normalized spacial score (nSPS) is 15.0. The Bertz CT molecular complexity index is 915. The Balaban J connectivity index is 1.44. The van der Waals surface area contributed by atoms with Crippen LogP contribution in [0.1, 0.15) is 28.5 Å². The maximum atomic E-state index is 13.1. The van der Waals surface area contributed by atoms with Crippen molar-refractivity contribution in [1.29, 1.82) is 0 Å². The first-order valence-electron chi connectivity index (χ1n) is 9.79. The molecule has 6 nitrogen and oxygen atoms in total. The van der Waals surface area contributed by atoms with Gasteiger partial charge in [0, 0.05) is 45.1 Å². The van der Waals surface area contributed by atoms with Gasteiger partial charge in [-0.3, -0.25) is 14.7 Å². The maximum Gasteiger partial charge on any atom is 0.257 e. The number of para-hydroxylation sites is 1. The number of hydrogen-bond donors (Lipinski definition) is 0. The van der Waals surface area contributed by atoms with Gasteiger partial charge in [0.25, 0.3) is 5.91 Å². The van der Waals surface area contributed by atoms with Crippen molar-refractivity contribution in [2.45, 2.75) is 19.9 Å². The summed E-state index contributed by atoms with van der Waals surface area (Å²) in [6.45, 7) is 6.20. The van der Waals surface area contributed by atoms with Gasteiger partial charge in [-0.15, -0.1) is 0 Å². The molecule has 0 bridgehead atoms. The third kappa shape index (κ3) is 3.82. The second kappa shape index (κ2) is 8.35. The van der Waals surface area contributed by atoms with Gasteiger partial charge in [0.05, 0.1) is 23.1 Å². The van der Waals surface area contributed by atoms with Gasteiger partial charge in [0.15, 0.2) is 0 Å². The molecule has 144 valence electrons. The molecule has 1 aliphatic heterocycles. The number of amides is 1. The quantitative estimate of drug-likeness (QED) is 0.688. The second-order valence-electron chi connectivity index (χ2n) is 7.03. The number of pyridine rings is 1. The number of carbonyl (C=O) groups is 1. The summed E-state index contributed by atoms with van der Waals surface area (Å²) in [5, 5.41) is 4.50. The summed E-state index contributed by atoms with van der Waals surface area (Å²) < 4.78 is 1.88. The molecule has 28 heavy (non-hydrogen) atoms. The van der Waals surface area contributed by atoms with Crippen LogP contribution in [-0.2, 0) is 13.0 Å². The minimum absolute atomic E-state index is 0.0857. The molecule has 0 unspecified atom stereocenters. The van der Waals surface area contributed by atoms with Crippen LogP contribution in [0.2, 0.25) is 0 Å². The first kappa shape index (κ1) is 18.4. The van der Waals surface area contributed by atoms with Gasteiger partial charge >= 0.3 is 0 Å². The summed E-state index contributed by atoms with van der Waals surface area (Å²) in [7, 11) is 0. The molecule has 1 aliphatic rings. The van der Waals surface area contributed by atoms with Crippen LogP contribution in [0.15, 0.2) is 61.1 Å². The first-order valence-corrected chi connectivity index (χ1v) is 9.79. The van der Waals surface area contributed by atoms with Crippen molar-refractivity contribution in [1.82, 2.24) is 24.6 Å². The highest BCUT2D eigenvalue weighted by molar-refractivity contribution is 5.95. The Morgan fingerprint density at radius 3 is 2.39 bits per heavy atom. The average Bonchev–Trinajstić information content (AvgIpc) is 3.19. The summed E-state index contributed by atoms with van der Waals surface area (Å²) in [6, 6.07) is 14.1. The zero-order valence-corrected chi connectivity index (χ0v) is 16.2. The Labute approximate surface area is 165 Å². The zero-order chi connectivity index (χ0) is 19.3. The molecule has 1 saturated heterocycles. The minimum Gasteiger partial charge on any atom is -0.336 e. The third-order valence-corrected chi connectivity index (χ3v) is 5.25. The molecule has 3 heterocycles. The lowest BCUT2D eigenvalue weighted by Gasteiger charge is -2.34. The molecule has 0 radical (unpaired) electrons. The van der Waals surface area contributed by atoms with Gasteiger partial charge in [0.2, 0.25) is 0 Å². The molecule has 1 aromatic carbocycles. The van der Waals surface area contributed by atoms with E-state index in [-0.39, 0.29) is 5.91 Å². The van der Waals surface area contributed by atoms with Gasteiger partial charge in [-0.05, 0) is 36.2 Å². The molecule has 4 rings (SSSR count). The average molecular weight is 375 g/mol. The van der Waals surface area contributed by atoms with Crippen molar-refractivity contribution in [2.24, 2.45) is 0 Å². The van der Waals surface area contributed by atoms with E-state index >= 15 is 0 Å². The van der Waals surface area contributed by atoms with Crippen LogP contribution >= 0.6 is 0 Å². The fraction of sp³-hybridized carbons (Fsp3) is 0.318. The van der Waals surface area contributed by atoms with E-state index in [4.69, 9.17) is 0 Å². The van der Waals surface area contributed by atoms with Gasteiger partial charge in [0.1, 0.15) is 0 Å². The number of aromatic nitrogens is 3. The number of nitrogens with zero attached hydrogens (tertiary/aromatic N) is 5. The van der Waals surface area contributed by atoms with Crippen LogP contribution in [0.25, 0.3) is 5.69 Å². The summed E-state index contributed by atoms with van der Waals surface area (Å²) in [5.74, 6) is 0.0857. The van der Waals surface area contributed by atoms with Crippen LogP contribution in [-0.4, -0.2) is 56.7 Å². The fourth-order valence-electron chi connectivity index (χ4n) is 3.71. The first-order chi connectivity index (χ1) is 13.8. The molecule has 1 fully saturated rings. The van der Waals surface area contributed by atoms with E-state index in [9.17, 15) is 4.79 Å². The predicted octanol–water partition coefficient (Wildman–Crippen LogP) is 2.79. The largest absolute Gasteiger partial charge is 0.336 e. The summed E-state index contributed by atoms with van der Waals surface area (Å²) in [4.78, 5) is 21.5. The molecular formula is C22H25N5O. The highest BCUT2D eigenvalue weighted by atomic mass is 16.2. The molecule has 0 spiro atoms. The lowest BCUT2D eigenvalue weighted by molar-refractivity contribution is 0.0627. The van der Waals surface area contributed by atoms with E-state index in [0.29, 0.717) is 5.56 Å². The highest BCUT2D eigenvalue weighted by Gasteiger charge is 2.25. The Morgan fingerprint density at radius 2 is 1.71 bits per heavy atom. The standard InChI is InChI=1S/C22H25N5O/c1-2-21-20(16-24-27(21)19-6-4-3-5-7-19)22(28)26-14-12-25(13-15-26)17-18-8-10-23-11-9-18/h3-11,16H,2,12-15,17H2,1H3. The summed E-state index contributed by atoms with van der Waals surface area (Å²) >= 11 is 0. The molecule has 6 heteroatoms. The molecule has 0 saturated carbocycles. The molecular weight excluding hydrogens is 350 g/mol. The van der Waals surface area contributed by atoms with Crippen LogP contribution in [0.3, 0.4) is 0 Å². The van der Waals surface area contributed by atoms with Crippen molar-refractivity contribution < 1.29 is 4.79 Å². The molecule has 0 aliphatic carbocycles. The van der Waals surface area contributed by atoms with E-state index in [0.717, 1.165) is 50.5 Å². The SMILES string of the molecule is CCc1c(C(=O)N2CCN(Cc3ccncc3)CC2)cnn1-c1ccccc1. The lowest BCUT2D eigenvalue weighted by Crippen LogP contribution is -2.48. The summed E-state index contributed by atoms with van der Waals surface area (Å²) in [5.41, 5.74) is 3.93. The fourth-order valence-corrected chi connectivity index (χ4v) is 3.71. The van der Waals surface area contributed by atoms with Crippen molar-refractivity contribution in [3.63, 3.8) is 0 Å². The molecule has 2 aromatic heterocycles. The zero-order valence-electron chi connectivity index (χ0n) is 16.2. The Morgan fingerprint density at radius 1 is 1.00 bits per heavy atom. The Kier molecular flexibility index (Phi) is 5.48. The van der Waals surface area contributed by atoms with Gasteiger partial charge in [-0.1, -0.05) is 25.1 Å². The number of benzene rings is 1. The summed E-state index contributed by atoms with van der Waals surface area (Å²) in [6.07, 6.45) is 6.13. The molecule has 1 amide bonds. The monoisotopic (exact) mass is 375 g/mol. The van der Waals surface area contributed by atoms with E-state index in [1.807, 2.05) is 64.4 Å². The molecule has 0 atom stereocenters. The van der Waals surface area contributed by atoms with E-state index in [1.165, 1.54) is 5.56 Å². The van der Waals surface area contributed by atoms with E-state index in [2.05, 4.69) is 21.9 Å². The number of hydrogen-bond acceptors (Lipinski definition) is 4. The number of rotatable bonds is 5. The number of carbonyl (C=O) groups excluding carboxylic acids is 1. The lowest BCUT2D eigenvalue weighted by atomic mass is 10.1. The maximum absolute atomic E-state index is 13.1. The molecule has 0 N–H and O–H groups in total. The van der Waals surface area contributed by atoms with Crippen LogP contribution < -0.4 is 0 Å². The Hall–Kier alpha value is -2.99. The molecule has 3 aromatic rings. The van der Waals surface area contributed by atoms with Crippen LogP contribution in [0, 0.1) is 0 Å². The van der Waals surface area contributed by atoms with Gasteiger partial charge < -0.3 is 4.90 Å². The van der Waals surface area contributed by atoms with Crippen molar-refractivity contribution in [3.8, 4) is 5.69 Å². The topological polar surface area (TPSA) is 54.3 Å². The van der Waals surface area contributed by atoms with Crippen LogP contribution in [0.4, 0.5) is 0 Å². The van der Waals surface area contributed by atoms with E-state index in [1.54, 1.807) is 6.20 Å².